The summed E-state index contributed by atoms with van der Waals surface area (Å²) in [4.78, 5) is 30.3. The molecule has 1 amide bonds. The van der Waals surface area contributed by atoms with Crippen molar-refractivity contribution < 1.29 is 14.7 Å². The van der Waals surface area contributed by atoms with Crippen LogP contribution in [-0.4, -0.2) is 21.8 Å². The lowest BCUT2D eigenvalue weighted by Gasteiger charge is -2.18. The van der Waals surface area contributed by atoms with E-state index in [2.05, 4.69) is 4.98 Å². The van der Waals surface area contributed by atoms with Crippen molar-refractivity contribution in [2.24, 2.45) is 0 Å². The predicted molar refractivity (Wildman–Crippen MR) is 108 cm³/mol. The molecular weight excluding hydrogens is 360 g/mol. The fourth-order valence-electron chi connectivity index (χ4n) is 2.46. The first-order valence-corrected chi connectivity index (χ1v) is 9.16. The van der Waals surface area contributed by atoms with Gasteiger partial charge in [0, 0.05) is 17.9 Å². The second-order valence-corrected chi connectivity index (χ2v) is 6.83. The Balaban J connectivity index is 1.80. The number of allylic oxidation sites excluding steroid dienone is 1. The summed E-state index contributed by atoms with van der Waals surface area (Å²) in [5.74, 6) is -0.212. The average Bonchev–Trinajstić information content (AvgIpc) is 3.10. The molecule has 0 saturated heterocycles. The third-order valence-electron chi connectivity index (χ3n) is 3.87. The van der Waals surface area contributed by atoms with Gasteiger partial charge in [0.15, 0.2) is 10.9 Å². The fourth-order valence-corrected chi connectivity index (χ4v) is 3.31. The van der Waals surface area contributed by atoms with Gasteiger partial charge in [0.05, 0.1) is 11.4 Å². The van der Waals surface area contributed by atoms with E-state index in [9.17, 15) is 14.7 Å². The quantitative estimate of drug-likeness (QED) is 0.514. The van der Waals surface area contributed by atoms with Crippen molar-refractivity contribution in [1.29, 1.82) is 0 Å². The number of thiazole rings is 1. The molecule has 0 bridgehead atoms. The maximum absolute atomic E-state index is 12.2. The molecule has 0 unspecified atom stereocenters. The van der Waals surface area contributed by atoms with Crippen LogP contribution in [0.25, 0.3) is 6.08 Å². The number of nitrogens with zero attached hydrogens (tertiary/aromatic N) is 2. The fraction of sp³-hybridized carbons (Fsp3) is 0.0952. The number of anilines is 2. The minimum absolute atomic E-state index is 0.111. The average molecular weight is 378 g/mol. The zero-order valence-electron chi connectivity index (χ0n) is 14.9. The van der Waals surface area contributed by atoms with Gasteiger partial charge in [-0.1, -0.05) is 17.7 Å². The highest BCUT2D eigenvalue weighted by molar-refractivity contribution is 7.14. The van der Waals surface area contributed by atoms with Gasteiger partial charge in [0.1, 0.15) is 5.75 Å². The highest BCUT2D eigenvalue weighted by Crippen LogP contribution is 2.29. The van der Waals surface area contributed by atoms with Gasteiger partial charge in [-0.3, -0.25) is 14.5 Å². The number of benzene rings is 2. The molecule has 0 fully saturated rings. The molecule has 5 nitrogen and oxygen atoms in total. The molecule has 1 heterocycles. The first-order chi connectivity index (χ1) is 12.9. The van der Waals surface area contributed by atoms with E-state index in [4.69, 9.17) is 0 Å². The SMILES string of the molecule is CC(=O)N(c1ccc(C)cc1)c1nc(/C=C/C(=O)c2ccc(O)cc2)cs1. The Labute approximate surface area is 161 Å². The lowest BCUT2D eigenvalue weighted by Crippen LogP contribution is -2.22. The molecule has 0 atom stereocenters. The zero-order chi connectivity index (χ0) is 19.4. The summed E-state index contributed by atoms with van der Waals surface area (Å²) in [6.07, 6.45) is 3.04. The summed E-state index contributed by atoms with van der Waals surface area (Å²) in [6, 6.07) is 13.7. The minimum atomic E-state index is -0.188. The molecule has 6 heteroatoms. The Morgan fingerprint density at radius 3 is 2.37 bits per heavy atom. The van der Waals surface area contributed by atoms with Crippen molar-refractivity contribution in [2.75, 3.05) is 4.90 Å². The van der Waals surface area contributed by atoms with E-state index in [1.807, 2.05) is 31.2 Å². The summed E-state index contributed by atoms with van der Waals surface area (Å²) in [7, 11) is 0. The van der Waals surface area contributed by atoms with Crippen LogP contribution in [0.3, 0.4) is 0 Å². The van der Waals surface area contributed by atoms with Gasteiger partial charge in [0.2, 0.25) is 5.91 Å². The molecule has 3 rings (SSSR count). The Morgan fingerprint density at radius 2 is 1.74 bits per heavy atom. The van der Waals surface area contributed by atoms with E-state index < -0.39 is 0 Å². The maximum Gasteiger partial charge on any atom is 0.230 e. The highest BCUT2D eigenvalue weighted by atomic mass is 32.1. The van der Waals surface area contributed by atoms with E-state index in [1.165, 1.54) is 36.5 Å². The number of hydrogen-bond donors (Lipinski definition) is 1. The number of aromatic nitrogens is 1. The van der Waals surface area contributed by atoms with Crippen molar-refractivity contribution in [3.63, 3.8) is 0 Å². The maximum atomic E-state index is 12.2. The van der Waals surface area contributed by atoms with Crippen molar-refractivity contribution >= 4 is 39.9 Å². The van der Waals surface area contributed by atoms with Gasteiger partial charge in [-0.05, 0) is 55.5 Å². The number of hydrogen-bond acceptors (Lipinski definition) is 5. The van der Waals surface area contributed by atoms with E-state index in [0.717, 1.165) is 11.3 Å². The monoisotopic (exact) mass is 378 g/mol. The summed E-state index contributed by atoms with van der Waals surface area (Å²) >= 11 is 1.33. The minimum Gasteiger partial charge on any atom is -0.508 e. The van der Waals surface area contributed by atoms with Crippen molar-refractivity contribution in [1.82, 2.24) is 4.98 Å². The van der Waals surface area contributed by atoms with Gasteiger partial charge in [0.25, 0.3) is 0 Å². The van der Waals surface area contributed by atoms with Crippen molar-refractivity contribution in [3.05, 3.63) is 76.8 Å². The topological polar surface area (TPSA) is 70.5 Å². The lowest BCUT2D eigenvalue weighted by molar-refractivity contribution is -0.115. The number of ketones is 1. The molecule has 0 spiro atoms. The molecule has 1 N–H and O–H groups in total. The number of carbonyl (C=O) groups is 2. The van der Waals surface area contributed by atoms with Crippen molar-refractivity contribution in [2.45, 2.75) is 13.8 Å². The third-order valence-corrected chi connectivity index (χ3v) is 4.71. The number of aryl methyl sites for hydroxylation is 1. The molecular formula is C21H18N2O3S. The van der Waals surface area contributed by atoms with Gasteiger partial charge < -0.3 is 5.11 Å². The number of phenolic OH excluding ortho intramolecular Hbond substituents is 1. The summed E-state index contributed by atoms with van der Waals surface area (Å²) in [5, 5.41) is 11.6. The Morgan fingerprint density at radius 1 is 1.07 bits per heavy atom. The standard InChI is InChI=1S/C21H18N2O3S/c1-14-3-8-18(9-4-14)23(15(2)24)21-22-17(13-27-21)7-12-20(26)16-5-10-19(25)11-6-16/h3-13,25H,1-2H3/b12-7+. The van der Waals surface area contributed by atoms with Gasteiger partial charge in [-0.2, -0.15) is 0 Å². The number of rotatable bonds is 5. The third kappa shape index (κ3) is 4.48. The van der Waals surface area contributed by atoms with Crippen LogP contribution in [-0.2, 0) is 4.79 Å². The first kappa shape index (κ1) is 18.5. The van der Waals surface area contributed by atoms with Crippen LogP contribution < -0.4 is 4.90 Å². The molecule has 27 heavy (non-hydrogen) atoms. The van der Waals surface area contributed by atoms with E-state index in [-0.39, 0.29) is 17.4 Å². The van der Waals surface area contributed by atoms with Crippen molar-refractivity contribution in [3.8, 4) is 5.75 Å². The highest BCUT2D eigenvalue weighted by Gasteiger charge is 2.17. The summed E-state index contributed by atoms with van der Waals surface area (Å²) in [6.45, 7) is 3.48. The van der Waals surface area contributed by atoms with Crippen LogP contribution in [0.15, 0.2) is 60.0 Å². The molecule has 0 aliphatic rings. The molecule has 0 aliphatic carbocycles. The Kier molecular flexibility index (Phi) is 5.47. The molecule has 0 radical (unpaired) electrons. The van der Waals surface area contributed by atoms with E-state index in [1.54, 1.807) is 28.5 Å². The van der Waals surface area contributed by atoms with Gasteiger partial charge >= 0.3 is 0 Å². The lowest BCUT2D eigenvalue weighted by atomic mass is 10.1. The molecule has 2 aromatic carbocycles. The first-order valence-electron chi connectivity index (χ1n) is 8.28. The second kappa shape index (κ2) is 7.97. The molecule has 3 aromatic rings. The van der Waals surface area contributed by atoms with Gasteiger partial charge in [-0.25, -0.2) is 4.98 Å². The summed E-state index contributed by atoms with van der Waals surface area (Å²) in [5.41, 5.74) is 2.93. The van der Waals surface area contributed by atoms with Crippen LogP contribution in [0.2, 0.25) is 0 Å². The second-order valence-electron chi connectivity index (χ2n) is 5.99. The van der Waals surface area contributed by atoms with Crippen LogP contribution in [0.1, 0.15) is 28.5 Å². The van der Waals surface area contributed by atoms with E-state index in [0.29, 0.717) is 16.4 Å². The zero-order valence-corrected chi connectivity index (χ0v) is 15.7. The molecule has 0 aliphatic heterocycles. The number of carbonyl (C=O) groups excluding carboxylic acids is 2. The van der Waals surface area contributed by atoms with Crippen LogP contribution in [0, 0.1) is 6.92 Å². The number of phenols is 1. The molecule has 0 saturated carbocycles. The van der Waals surface area contributed by atoms with Crippen LogP contribution in [0.4, 0.5) is 10.8 Å². The van der Waals surface area contributed by atoms with E-state index >= 15 is 0 Å². The summed E-state index contributed by atoms with van der Waals surface area (Å²) < 4.78 is 0. The smallest absolute Gasteiger partial charge is 0.230 e. The van der Waals surface area contributed by atoms with Crippen LogP contribution >= 0.6 is 11.3 Å². The normalized spacial score (nSPS) is 10.9. The predicted octanol–water partition coefficient (Wildman–Crippen LogP) is 4.74. The Bertz CT molecular complexity index is 989. The largest absolute Gasteiger partial charge is 0.508 e. The van der Waals surface area contributed by atoms with Gasteiger partial charge in [-0.15, -0.1) is 11.3 Å². The number of aromatic hydroxyl groups is 1. The van der Waals surface area contributed by atoms with Crippen LogP contribution in [0.5, 0.6) is 5.75 Å². The Hall–Kier alpha value is -3.25. The number of amides is 1. The molecule has 136 valence electrons. The molecule has 1 aromatic heterocycles.